The standard InChI is InChI=1S/C19H25N3O3/c1-3-13(2)20-17(23)12-22-15-9-5-4-8-14(15)18(24)21-11-7-6-10-16(21)19(22)25/h4-5,8-9,13,16H,3,6-7,10-12H2,1-2H3,(H,20,23)/t13-,16-/m0/s1. The Labute approximate surface area is 148 Å². The number of nitrogens with one attached hydrogen (secondary N) is 1. The Kier molecular flexibility index (Phi) is 5.06. The Hall–Kier alpha value is -2.37. The summed E-state index contributed by atoms with van der Waals surface area (Å²) in [6, 6.07) is 6.66. The van der Waals surface area contributed by atoms with E-state index in [1.807, 2.05) is 13.8 Å². The molecule has 0 saturated carbocycles. The molecule has 0 aliphatic carbocycles. The predicted octanol–water partition coefficient (Wildman–Crippen LogP) is 1.94. The van der Waals surface area contributed by atoms with E-state index in [-0.39, 0.29) is 30.3 Å². The zero-order valence-corrected chi connectivity index (χ0v) is 14.8. The molecule has 0 aromatic heterocycles. The molecular weight excluding hydrogens is 318 g/mol. The highest BCUT2D eigenvalue weighted by Gasteiger charge is 2.40. The van der Waals surface area contributed by atoms with E-state index in [1.54, 1.807) is 29.2 Å². The third-order valence-electron chi connectivity index (χ3n) is 5.06. The van der Waals surface area contributed by atoms with Gasteiger partial charge >= 0.3 is 0 Å². The number of para-hydroxylation sites is 1. The summed E-state index contributed by atoms with van der Waals surface area (Å²) < 4.78 is 0. The third kappa shape index (κ3) is 3.38. The van der Waals surface area contributed by atoms with Crippen molar-refractivity contribution in [1.82, 2.24) is 10.2 Å². The summed E-state index contributed by atoms with van der Waals surface area (Å²) >= 11 is 0. The number of nitrogens with zero attached hydrogens (tertiary/aromatic N) is 2. The summed E-state index contributed by atoms with van der Waals surface area (Å²) in [6.07, 6.45) is 3.31. The summed E-state index contributed by atoms with van der Waals surface area (Å²) in [4.78, 5) is 41.6. The molecule has 0 radical (unpaired) electrons. The Balaban J connectivity index is 1.95. The SMILES string of the molecule is CC[C@H](C)NC(=O)CN1C(=O)[C@@H]2CCCCN2C(=O)c2ccccc21. The summed E-state index contributed by atoms with van der Waals surface area (Å²) in [7, 11) is 0. The minimum absolute atomic E-state index is 0.0534. The zero-order chi connectivity index (χ0) is 18.0. The highest BCUT2D eigenvalue weighted by Crippen LogP contribution is 2.31. The lowest BCUT2D eigenvalue weighted by atomic mass is 10.0. The van der Waals surface area contributed by atoms with Crippen molar-refractivity contribution in [2.75, 3.05) is 18.0 Å². The normalized spacial score (nSPS) is 21.3. The van der Waals surface area contributed by atoms with Crippen LogP contribution >= 0.6 is 0 Å². The van der Waals surface area contributed by atoms with Crippen LogP contribution in [0.25, 0.3) is 0 Å². The third-order valence-corrected chi connectivity index (χ3v) is 5.06. The molecule has 0 bridgehead atoms. The average molecular weight is 343 g/mol. The van der Waals surface area contributed by atoms with Crippen LogP contribution in [0.2, 0.25) is 0 Å². The summed E-state index contributed by atoms with van der Waals surface area (Å²) in [5.74, 6) is -0.468. The van der Waals surface area contributed by atoms with Gasteiger partial charge in [-0.15, -0.1) is 0 Å². The summed E-state index contributed by atoms with van der Waals surface area (Å²) in [5, 5.41) is 2.90. The lowest BCUT2D eigenvalue weighted by Gasteiger charge is -2.34. The molecule has 1 fully saturated rings. The Morgan fingerprint density at radius 1 is 1.28 bits per heavy atom. The first-order valence-electron chi connectivity index (χ1n) is 9.03. The highest BCUT2D eigenvalue weighted by molar-refractivity contribution is 6.12. The van der Waals surface area contributed by atoms with Gasteiger partial charge in [-0.25, -0.2) is 0 Å². The van der Waals surface area contributed by atoms with Gasteiger partial charge in [0.1, 0.15) is 12.6 Å². The molecule has 3 amide bonds. The van der Waals surface area contributed by atoms with E-state index in [2.05, 4.69) is 5.32 Å². The van der Waals surface area contributed by atoms with Crippen LogP contribution < -0.4 is 10.2 Å². The molecule has 2 aliphatic heterocycles. The smallest absolute Gasteiger partial charge is 0.256 e. The molecule has 1 aromatic rings. The topological polar surface area (TPSA) is 69.7 Å². The van der Waals surface area contributed by atoms with Gasteiger partial charge < -0.3 is 15.1 Å². The van der Waals surface area contributed by atoms with E-state index in [4.69, 9.17) is 0 Å². The maximum Gasteiger partial charge on any atom is 0.256 e. The molecule has 1 saturated heterocycles. The van der Waals surface area contributed by atoms with E-state index < -0.39 is 6.04 Å². The fraction of sp³-hybridized carbons (Fsp3) is 0.526. The molecule has 25 heavy (non-hydrogen) atoms. The fourth-order valence-electron chi connectivity index (χ4n) is 3.50. The highest BCUT2D eigenvalue weighted by atomic mass is 16.2. The molecule has 2 heterocycles. The van der Waals surface area contributed by atoms with Crippen LogP contribution in [0.1, 0.15) is 49.9 Å². The monoisotopic (exact) mass is 343 g/mol. The number of amides is 3. The van der Waals surface area contributed by atoms with Crippen LogP contribution in [-0.4, -0.2) is 47.8 Å². The first kappa shape index (κ1) is 17.5. The number of rotatable bonds is 4. The van der Waals surface area contributed by atoms with Gasteiger partial charge in [0.15, 0.2) is 0 Å². The van der Waals surface area contributed by atoms with Gasteiger partial charge in [-0.3, -0.25) is 14.4 Å². The van der Waals surface area contributed by atoms with Crippen molar-refractivity contribution in [2.45, 2.75) is 51.6 Å². The minimum atomic E-state index is -0.468. The number of hydrogen-bond acceptors (Lipinski definition) is 3. The second-order valence-corrected chi connectivity index (χ2v) is 6.83. The molecule has 0 spiro atoms. The van der Waals surface area contributed by atoms with E-state index >= 15 is 0 Å². The lowest BCUT2D eigenvalue weighted by Crippen LogP contribution is -2.52. The van der Waals surface area contributed by atoms with Crippen LogP contribution in [0.5, 0.6) is 0 Å². The molecule has 3 rings (SSSR count). The average Bonchev–Trinajstić information content (AvgIpc) is 2.72. The van der Waals surface area contributed by atoms with Crippen molar-refractivity contribution in [1.29, 1.82) is 0 Å². The van der Waals surface area contributed by atoms with E-state index in [0.717, 1.165) is 19.3 Å². The van der Waals surface area contributed by atoms with Crippen molar-refractivity contribution in [3.8, 4) is 0 Å². The second-order valence-electron chi connectivity index (χ2n) is 6.83. The van der Waals surface area contributed by atoms with Crippen LogP contribution in [0.4, 0.5) is 5.69 Å². The lowest BCUT2D eigenvalue weighted by molar-refractivity contribution is -0.127. The Morgan fingerprint density at radius 3 is 2.80 bits per heavy atom. The van der Waals surface area contributed by atoms with Gasteiger partial charge in [-0.05, 0) is 44.7 Å². The molecule has 2 aliphatic rings. The van der Waals surface area contributed by atoms with Crippen molar-refractivity contribution in [3.63, 3.8) is 0 Å². The van der Waals surface area contributed by atoms with Gasteiger partial charge in [0.05, 0.1) is 11.3 Å². The quantitative estimate of drug-likeness (QED) is 0.908. The maximum atomic E-state index is 13.1. The fourth-order valence-corrected chi connectivity index (χ4v) is 3.50. The number of carbonyl (C=O) groups excluding carboxylic acids is 3. The molecule has 6 nitrogen and oxygen atoms in total. The van der Waals surface area contributed by atoms with Crippen molar-refractivity contribution < 1.29 is 14.4 Å². The number of anilines is 1. The van der Waals surface area contributed by atoms with E-state index in [0.29, 0.717) is 24.2 Å². The van der Waals surface area contributed by atoms with E-state index in [1.165, 1.54) is 4.90 Å². The predicted molar refractivity (Wildman–Crippen MR) is 95.4 cm³/mol. The molecule has 2 atom stereocenters. The van der Waals surface area contributed by atoms with Crippen LogP contribution in [0, 0.1) is 0 Å². The first-order chi connectivity index (χ1) is 12.0. The first-order valence-corrected chi connectivity index (χ1v) is 9.03. The van der Waals surface area contributed by atoms with Crippen LogP contribution in [0.15, 0.2) is 24.3 Å². The Bertz CT molecular complexity index is 688. The van der Waals surface area contributed by atoms with E-state index in [9.17, 15) is 14.4 Å². The number of benzene rings is 1. The number of fused-ring (bicyclic) bond motifs is 2. The summed E-state index contributed by atoms with van der Waals surface area (Å²) in [5.41, 5.74) is 1.03. The minimum Gasteiger partial charge on any atom is -0.352 e. The molecule has 134 valence electrons. The molecule has 1 N–H and O–H groups in total. The number of piperidine rings is 1. The molecule has 6 heteroatoms. The maximum absolute atomic E-state index is 13.1. The molecule has 0 unspecified atom stereocenters. The summed E-state index contributed by atoms with van der Waals surface area (Å²) in [6.45, 7) is 4.46. The van der Waals surface area contributed by atoms with Gasteiger partial charge in [-0.1, -0.05) is 19.1 Å². The number of hydrogen-bond donors (Lipinski definition) is 1. The van der Waals surface area contributed by atoms with Crippen molar-refractivity contribution in [3.05, 3.63) is 29.8 Å². The molecule has 1 aromatic carbocycles. The van der Waals surface area contributed by atoms with Crippen molar-refractivity contribution >= 4 is 23.4 Å². The van der Waals surface area contributed by atoms with Gasteiger partial charge in [0, 0.05) is 12.6 Å². The van der Waals surface area contributed by atoms with Gasteiger partial charge in [0.2, 0.25) is 11.8 Å². The Morgan fingerprint density at radius 2 is 2.04 bits per heavy atom. The second kappa shape index (κ2) is 7.25. The van der Waals surface area contributed by atoms with Crippen LogP contribution in [0.3, 0.4) is 0 Å². The zero-order valence-electron chi connectivity index (χ0n) is 14.8. The van der Waals surface area contributed by atoms with Gasteiger partial charge in [0.25, 0.3) is 5.91 Å². The van der Waals surface area contributed by atoms with Gasteiger partial charge in [-0.2, -0.15) is 0 Å². The molecular formula is C19H25N3O3. The largest absolute Gasteiger partial charge is 0.352 e. The van der Waals surface area contributed by atoms with Crippen molar-refractivity contribution in [2.24, 2.45) is 0 Å². The number of carbonyl (C=O) groups is 3. The van der Waals surface area contributed by atoms with Crippen LogP contribution in [-0.2, 0) is 9.59 Å².